The van der Waals surface area contributed by atoms with Crippen LogP contribution in [0.4, 0.5) is 0 Å². The molecule has 0 aliphatic rings. The first-order valence-corrected chi connectivity index (χ1v) is 6.37. The zero-order chi connectivity index (χ0) is 14.3. The van der Waals surface area contributed by atoms with Crippen LogP contribution in [0.25, 0.3) is 0 Å². The quantitative estimate of drug-likeness (QED) is 0.683. The molecular weight excluding hydrogens is 244 g/mol. The lowest BCUT2D eigenvalue weighted by molar-refractivity contribution is -0.142. The molecule has 0 heterocycles. The summed E-state index contributed by atoms with van der Waals surface area (Å²) in [6.45, 7) is 1.87. The van der Waals surface area contributed by atoms with Crippen molar-refractivity contribution in [3.05, 3.63) is 35.9 Å². The van der Waals surface area contributed by atoms with Crippen molar-refractivity contribution < 1.29 is 14.7 Å². The van der Waals surface area contributed by atoms with Crippen molar-refractivity contribution in [3.8, 4) is 0 Å². The van der Waals surface area contributed by atoms with Crippen LogP contribution in [-0.4, -0.2) is 29.1 Å². The maximum atomic E-state index is 11.8. The van der Waals surface area contributed by atoms with Crippen LogP contribution in [0.15, 0.2) is 30.3 Å². The molecule has 19 heavy (non-hydrogen) atoms. The monoisotopic (exact) mass is 264 g/mol. The fourth-order valence-corrected chi connectivity index (χ4v) is 1.79. The van der Waals surface area contributed by atoms with Crippen molar-refractivity contribution in [1.82, 2.24) is 5.32 Å². The third kappa shape index (κ3) is 5.09. The maximum Gasteiger partial charge on any atom is 0.326 e. The molecule has 2 atom stereocenters. The van der Waals surface area contributed by atoms with E-state index in [1.165, 1.54) is 0 Å². The van der Waals surface area contributed by atoms with Gasteiger partial charge in [0.2, 0.25) is 5.91 Å². The average Bonchev–Trinajstić information content (AvgIpc) is 2.39. The molecule has 1 aromatic carbocycles. The SMILES string of the molecule is CCC[C@H](NC(=O)[C@H](N)Cc1ccccc1)C(=O)O. The van der Waals surface area contributed by atoms with E-state index in [0.717, 1.165) is 5.56 Å². The summed E-state index contributed by atoms with van der Waals surface area (Å²) in [6.07, 6.45) is 1.48. The van der Waals surface area contributed by atoms with E-state index in [9.17, 15) is 9.59 Å². The summed E-state index contributed by atoms with van der Waals surface area (Å²) < 4.78 is 0. The number of hydrogen-bond acceptors (Lipinski definition) is 3. The Bertz CT molecular complexity index is 420. The predicted octanol–water partition coefficient (Wildman–Crippen LogP) is 0.926. The second-order valence-corrected chi connectivity index (χ2v) is 4.48. The van der Waals surface area contributed by atoms with Gasteiger partial charge in [-0.25, -0.2) is 4.79 Å². The fourth-order valence-electron chi connectivity index (χ4n) is 1.79. The smallest absolute Gasteiger partial charge is 0.326 e. The van der Waals surface area contributed by atoms with Gasteiger partial charge >= 0.3 is 5.97 Å². The highest BCUT2D eigenvalue weighted by Gasteiger charge is 2.22. The summed E-state index contributed by atoms with van der Waals surface area (Å²) in [5, 5.41) is 11.4. The number of rotatable bonds is 7. The van der Waals surface area contributed by atoms with Gasteiger partial charge in [-0.05, 0) is 18.4 Å². The highest BCUT2D eigenvalue weighted by atomic mass is 16.4. The number of carboxylic acid groups (broad SMARTS) is 1. The van der Waals surface area contributed by atoms with Crippen molar-refractivity contribution in [2.75, 3.05) is 0 Å². The molecule has 104 valence electrons. The molecule has 0 saturated carbocycles. The molecule has 0 spiro atoms. The number of carbonyl (C=O) groups is 2. The molecular formula is C14H20N2O3. The largest absolute Gasteiger partial charge is 0.480 e. The van der Waals surface area contributed by atoms with E-state index in [1.54, 1.807) is 0 Å². The van der Waals surface area contributed by atoms with Gasteiger partial charge in [0.15, 0.2) is 0 Å². The molecule has 0 aromatic heterocycles. The van der Waals surface area contributed by atoms with Gasteiger partial charge in [-0.2, -0.15) is 0 Å². The van der Waals surface area contributed by atoms with Gasteiger partial charge in [-0.15, -0.1) is 0 Å². The lowest BCUT2D eigenvalue weighted by Crippen LogP contribution is -2.49. The van der Waals surface area contributed by atoms with Gasteiger partial charge < -0.3 is 16.2 Å². The first-order chi connectivity index (χ1) is 9.04. The summed E-state index contributed by atoms with van der Waals surface area (Å²) >= 11 is 0. The average molecular weight is 264 g/mol. The fraction of sp³-hybridized carbons (Fsp3) is 0.429. The van der Waals surface area contributed by atoms with Crippen molar-refractivity contribution in [2.45, 2.75) is 38.3 Å². The van der Waals surface area contributed by atoms with Gasteiger partial charge in [0.05, 0.1) is 6.04 Å². The molecule has 0 radical (unpaired) electrons. The number of hydrogen-bond donors (Lipinski definition) is 3. The van der Waals surface area contributed by atoms with Crippen LogP contribution in [0.2, 0.25) is 0 Å². The van der Waals surface area contributed by atoms with Gasteiger partial charge in [0.1, 0.15) is 6.04 Å². The van der Waals surface area contributed by atoms with Crippen molar-refractivity contribution >= 4 is 11.9 Å². The van der Waals surface area contributed by atoms with Crippen molar-refractivity contribution in [3.63, 3.8) is 0 Å². The van der Waals surface area contributed by atoms with Crippen LogP contribution in [0, 0.1) is 0 Å². The Hall–Kier alpha value is -1.88. The molecule has 0 unspecified atom stereocenters. The second kappa shape index (κ2) is 7.53. The minimum atomic E-state index is -1.03. The third-order valence-corrected chi connectivity index (χ3v) is 2.83. The van der Waals surface area contributed by atoms with Gasteiger partial charge in [0, 0.05) is 0 Å². The molecule has 4 N–H and O–H groups in total. The number of aliphatic carboxylic acids is 1. The summed E-state index contributed by atoms with van der Waals surface area (Å²) in [6, 6.07) is 7.80. The molecule has 0 fully saturated rings. The predicted molar refractivity (Wildman–Crippen MR) is 72.6 cm³/mol. The minimum absolute atomic E-state index is 0.394. The van der Waals surface area contributed by atoms with Crippen molar-refractivity contribution in [1.29, 1.82) is 0 Å². The Morgan fingerprint density at radius 1 is 1.32 bits per heavy atom. The number of carbonyl (C=O) groups excluding carboxylic acids is 1. The van der Waals surface area contributed by atoms with Crippen LogP contribution in [0.3, 0.4) is 0 Å². The Morgan fingerprint density at radius 2 is 1.95 bits per heavy atom. The van der Waals surface area contributed by atoms with Crippen LogP contribution < -0.4 is 11.1 Å². The van der Waals surface area contributed by atoms with Crippen LogP contribution in [0.1, 0.15) is 25.3 Å². The first-order valence-electron chi connectivity index (χ1n) is 6.37. The number of carboxylic acids is 1. The van der Waals surface area contributed by atoms with E-state index in [-0.39, 0.29) is 0 Å². The molecule has 0 aliphatic heterocycles. The maximum absolute atomic E-state index is 11.8. The molecule has 1 rings (SSSR count). The highest BCUT2D eigenvalue weighted by Crippen LogP contribution is 2.03. The number of amides is 1. The molecule has 0 bridgehead atoms. The Balaban J connectivity index is 2.54. The molecule has 0 aliphatic carbocycles. The topological polar surface area (TPSA) is 92.4 Å². The zero-order valence-corrected chi connectivity index (χ0v) is 11.0. The lowest BCUT2D eigenvalue weighted by atomic mass is 10.1. The Labute approximate surface area is 112 Å². The van der Waals surface area contributed by atoms with E-state index >= 15 is 0 Å². The first kappa shape index (κ1) is 15.2. The number of benzene rings is 1. The van der Waals surface area contributed by atoms with Crippen LogP contribution in [-0.2, 0) is 16.0 Å². The molecule has 1 aromatic rings. The van der Waals surface area contributed by atoms with Gasteiger partial charge in [0.25, 0.3) is 0 Å². The van der Waals surface area contributed by atoms with Crippen LogP contribution in [0.5, 0.6) is 0 Å². The molecule has 5 nitrogen and oxygen atoms in total. The lowest BCUT2D eigenvalue weighted by Gasteiger charge is -2.17. The summed E-state index contributed by atoms with van der Waals surface area (Å²) in [5.74, 6) is -1.45. The summed E-state index contributed by atoms with van der Waals surface area (Å²) in [7, 11) is 0. The second-order valence-electron chi connectivity index (χ2n) is 4.48. The summed E-state index contributed by atoms with van der Waals surface area (Å²) in [5.41, 5.74) is 6.74. The zero-order valence-electron chi connectivity index (χ0n) is 11.0. The molecule has 5 heteroatoms. The van der Waals surface area contributed by atoms with Gasteiger partial charge in [-0.1, -0.05) is 43.7 Å². The van der Waals surface area contributed by atoms with E-state index in [0.29, 0.717) is 19.3 Å². The highest BCUT2D eigenvalue weighted by molar-refractivity contribution is 5.86. The summed E-state index contributed by atoms with van der Waals surface area (Å²) in [4.78, 5) is 22.8. The number of nitrogens with one attached hydrogen (secondary N) is 1. The van der Waals surface area contributed by atoms with E-state index in [1.807, 2.05) is 37.3 Å². The molecule has 1 amide bonds. The molecule has 0 saturated heterocycles. The minimum Gasteiger partial charge on any atom is -0.480 e. The normalized spacial score (nSPS) is 13.6. The van der Waals surface area contributed by atoms with Gasteiger partial charge in [-0.3, -0.25) is 4.79 Å². The van der Waals surface area contributed by atoms with E-state index in [4.69, 9.17) is 10.8 Å². The van der Waals surface area contributed by atoms with E-state index < -0.39 is 24.0 Å². The Kier molecular flexibility index (Phi) is 6.02. The number of nitrogens with two attached hydrogens (primary N) is 1. The van der Waals surface area contributed by atoms with Crippen LogP contribution >= 0.6 is 0 Å². The third-order valence-electron chi connectivity index (χ3n) is 2.83. The standard InChI is InChI=1S/C14H20N2O3/c1-2-6-12(14(18)19)16-13(17)11(15)9-10-7-4-3-5-8-10/h3-5,7-8,11-12H,2,6,9,15H2,1H3,(H,16,17)(H,18,19)/t11-,12+/m1/s1. The van der Waals surface area contributed by atoms with E-state index in [2.05, 4.69) is 5.32 Å². The Morgan fingerprint density at radius 3 is 2.47 bits per heavy atom. The van der Waals surface area contributed by atoms with Crippen molar-refractivity contribution in [2.24, 2.45) is 5.73 Å².